The minimum Gasteiger partial charge on any atom is -0.372 e. The van der Waals surface area contributed by atoms with Crippen LogP contribution in [0.3, 0.4) is 0 Å². The molecule has 0 aliphatic carbocycles. The van der Waals surface area contributed by atoms with E-state index in [1.165, 1.54) is 55.4 Å². The lowest BCUT2D eigenvalue weighted by atomic mass is 9.90. The zero-order chi connectivity index (χ0) is 27.0. The quantitative estimate of drug-likeness (QED) is 0.232. The van der Waals surface area contributed by atoms with Crippen LogP contribution in [0.15, 0.2) is 78.2 Å². The third-order valence-electron chi connectivity index (χ3n) is 7.52. The van der Waals surface area contributed by atoms with E-state index in [1.807, 2.05) is 0 Å². The molecule has 0 aliphatic rings. The summed E-state index contributed by atoms with van der Waals surface area (Å²) < 4.78 is 0. The van der Waals surface area contributed by atoms with E-state index in [-0.39, 0.29) is 6.04 Å². The van der Waals surface area contributed by atoms with E-state index in [9.17, 15) is 0 Å². The number of thiazole rings is 1. The molecule has 4 aromatic carbocycles. The zero-order valence-corrected chi connectivity index (χ0v) is 24.4. The third kappa shape index (κ3) is 5.00. The molecule has 2 nitrogen and oxygen atoms in total. The summed E-state index contributed by atoms with van der Waals surface area (Å²) in [6, 6.07) is 26.4. The van der Waals surface area contributed by atoms with Crippen LogP contribution in [-0.2, 0) is 0 Å². The number of benzene rings is 4. The maximum Gasteiger partial charge on any atom is 0.120 e. The molecular formula is C35H38N2S. The van der Waals surface area contributed by atoms with Crippen LogP contribution in [-0.4, -0.2) is 4.98 Å². The summed E-state index contributed by atoms with van der Waals surface area (Å²) in [5, 5.41) is 9.87. The molecule has 0 bridgehead atoms. The summed E-state index contributed by atoms with van der Waals surface area (Å²) >= 11 is 1.75. The smallest absolute Gasteiger partial charge is 0.120 e. The van der Waals surface area contributed by atoms with Crippen LogP contribution in [0, 0.1) is 20.8 Å². The van der Waals surface area contributed by atoms with Crippen molar-refractivity contribution in [3.8, 4) is 11.3 Å². The van der Waals surface area contributed by atoms with Crippen LogP contribution in [0.5, 0.6) is 0 Å². The predicted molar refractivity (Wildman–Crippen MR) is 166 cm³/mol. The molecule has 5 aromatic rings. The van der Waals surface area contributed by atoms with E-state index in [1.54, 1.807) is 11.3 Å². The van der Waals surface area contributed by atoms with Crippen molar-refractivity contribution in [1.82, 2.24) is 4.98 Å². The molecule has 0 aliphatic heterocycles. The van der Waals surface area contributed by atoms with Gasteiger partial charge in [-0.1, -0.05) is 106 Å². The normalized spacial score (nSPS) is 12.4. The van der Waals surface area contributed by atoms with Gasteiger partial charge in [0.05, 0.1) is 5.69 Å². The molecule has 1 atom stereocenters. The number of anilines is 1. The standard InChI is InChI=1S/C35H38N2S/c1-21(2)27-15-11-16-28(22(3)4)33(27)37-34(32-24(6)18-23(5)19-25(32)7)35-36-31(20-38-35)30-17-10-13-26-12-8-9-14-29(26)30/h8-22,34,37H,1-7H3/t34-/m1/s1. The van der Waals surface area contributed by atoms with Gasteiger partial charge in [0.1, 0.15) is 11.0 Å². The molecular weight excluding hydrogens is 480 g/mol. The average molecular weight is 519 g/mol. The number of hydrogen-bond acceptors (Lipinski definition) is 3. The minimum atomic E-state index is -0.0401. The van der Waals surface area contributed by atoms with Gasteiger partial charge in [0.15, 0.2) is 0 Å². The second-order valence-corrected chi connectivity index (χ2v) is 12.0. The summed E-state index contributed by atoms with van der Waals surface area (Å²) in [5.41, 5.74) is 11.4. The van der Waals surface area contributed by atoms with Crippen molar-refractivity contribution in [3.63, 3.8) is 0 Å². The average Bonchev–Trinajstić information content (AvgIpc) is 3.37. The summed E-state index contributed by atoms with van der Waals surface area (Å²) in [6.07, 6.45) is 0. The molecule has 0 saturated heterocycles. The fourth-order valence-corrected chi connectivity index (χ4v) is 6.63. The third-order valence-corrected chi connectivity index (χ3v) is 8.43. The summed E-state index contributed by atoms with van der Waals surface area (Å²) in [4.78, 5) is 5.31. The number of nitrogens with zero attached hydrogens (tertiary/aromatic N) is 1. The van der Waals surface area contributed by atoms with E-state index < -0.39 is 0 Å². The molecule has 1 N–H and O–H groups in total. The van der Waals surface area contributed by atoms with Crippen LogP contribution in [0.2, 0.25) is 0 Å². The molecule has 1 aromatic heterocycles. The van der Waals surface area contributed by atoms with Gasteiger partial charge in [0.2, 0.25) is 0 Å². The van der Waals surface area contributed by atoms with E-state index >= 15 is 0 Å². The Morgan fingerprint density at radius 2 is 1.34 bits per heavy atom. The van der Waals surface area contributed by atoms with Gasteiger partial charge in [-0.05, 0) is 71.2 Å². The highest BCUT2D eigenvalue weighted by atomic mass is 32.1. The second-order valence-electron chi connectivity index (χ2n) is 11.1. The highest BCUT2D eigenvalue weighted by Crippen LogP contribution is 2.40. The number of para-hydroxylation sites is 1. The van der Waals surface area contributed by atoms with Crippen molar-refractivity contribution >= 4 is 27.8 Å². The lowest BCUT2D eigenvalue weighted by Gasteiger charge is -2.28. The number of aryl methyl sites for hydroxylation is 3. The number of hydrogen-bond donors (Lipinski definition) is 1. The molecule has 0 spiro atoms. The van der Waals surface area contributed by atoms with Gasteiger partial charge in [-0.2, -0.15) is 0 Å². The zero-order valence-electron chi connectivity index (χ0n) is 23.6. The van der Waals surface area contributed by atoms with E-state index in [4.69, 9.17) is 4.98 Å². The number of aromatic nitrogens is 1. The highest BCUT2D eigenvalue weighted by Gasteiger charge is 2.25. The van der Waals surface area contributed by atoms with Gasteiger partial charge in [0.25, 0.3) is 0 Å². The molecule has 0 radical (unpaired) electrons. The minimum absolute atomic E-state index is 0.0401. The molecule has 1 heterocycles. The first kappa shape index (κ1) is 26.2. The lowest BCUT2D eigenvalue weighted by Crippen LogP contribution is -2.18. The maximum absolute atomic E-state index is 5.31. The van der Waals surface area contributed by atoms with Crippen molar-refractivity contribution in [2.75, 3.05) is 5.32 Å². The monoisotopic (exact) mass is 518 g/mol. The topological polar surface area (TPSA) is 24.9 Å². The highest BCUT2D eigenvalue weighted by molar-refractivity contribution is 7.10. The van der Waals surface area contributed by atoms with Gasteiger partial charge in [0, 0.05) is 16.6 Å². The van der Waals surface area contributed by atoms with Crippen LogP contribution in [0.1, 0.15) is 84.0 Å². The van der Waals surface area contributed by atoms with E-state index in [0.717, 1.165) is 10.7 Å². The fourth-order valence-electron chi connectivity index (χ4n) is 5.76. The summed E-state index contributed by atoms with van der Waals surface area (Å²) in [6.45, 7) is 15.8. The van der Waals surface area contributed by atoms with Crippen molar-refractivity contribution in [2.45, 2.75) is 66.3 Å². The second kappa shape index (κ2) is 10.7. The Kier molecular flexibility index (Phi) is 7.40. The largest absolute Gasteiger partial charge is 0.372 e. The first-order valence-electron chi connectivity index (χ1n) is 13.6. The summed E-state index contributed by atoms with van der Waals surface area (Å²) in [5.74, 6) is 0.833. The molecule has 194 valence electrons. The Bertz CT molecular complexity index is 1540. The number of rotatable bonds is 7. The van der Waals surface area contributed by atoms with Gasteiger partial charge in [-0.3, -0.25) is 0 Å². The first-order chi connectivity index (χ1) is 18.2. The Balaban J connectivity index is 1.69. The maximum atomic E-state index is 5.31. The van der Waals surface area contributed by atoms with Gasteiger partial charge < -0.3 is 5.32 Å². The van der Waals surface area contributed by atoms with Crippen molar-refractivity contribution < 1.29 is 0 Å². The molecule has 0 saturated carbocycles. The molecule has 3 heteroatoms. The SMILES string of the molecule is Cc1cc(C)c([C@@H](Nc2c(C(C)C)cccc2C(C)C)c2nc(-c3cccc4ccccc34)cs2)c(C)c1. The Morgan fingerprint density at radius 1 is 0.737 bits per heavy atom. The van der Waals surface area contributed by atoms with E-state index in [2.05, 4.69) is 132 Å². The van der Waals surface area contributed by atoms with Crippen molar-refractivity contribution in [3.05, 3.63) is 117 Å². The summed E-state index contributed by atoms with van der Waals surface area (Å²) in [7, 11) is 0. The number of fused-ring (bicyclic) bond motifs is 1. The number of nitrogens with one attached hydrogen (secondary N) is 1. The Hall–Kier alpha value is -3.43. The molecule has 38 heavy (non-hydrogen) atoms. The van der Waals surface area contributed by atoms with Crippen LogP contribution in [0.4, 0.5) is 5.69 Å². The van der Waals surface area contributed by atoms with Gasteiger partial charge >= 0.3 is 0 Å². The molecule has 0 unspecified atom stereocenters. The fraction of sp³-hybridized carbons (Fsp3) is 0.286. The first-order valence-corrected chi connectivity index (χ1v) is 14.5. The lowest BCUT2D eigenvalue weighted by molar-refractivity contribution is 0.816. The van der Waals surface area contributed by atoms with Crippen LogP contribution >= 0.6 is 11.3 Å². The molecule has 0 amide bonds. The van der Waals surface area contributed by atoms with E-state index in [0.29, 0.717) is 11.8 Å². The van der Waals surface area contributed by atoms with Crippen molar-refractivity contribution in [1.29, 1.82) is 0 Å². The molecule has 5 rings (SSSR count). The predicted octanol–water partition coefficient (Wildman–Crippen LogP) is 10.3. The van der Waals surface area contributed by atoms with Gasteiger partial charge in [-0.15, -0.1) is 11.3 Å². The van der Waals surface area contributed by atoms with Gasteiger partial charge in [-0.25, -0.2) is 4.98 Å². The molecule has 0 fully saturated rings. The van der Waals surface area contributed by atoms with Crippen LogP contribution in [0.25, 0.3) is 22.0 Å². The Labute approximate surface area is 231 Å². The van der Waals surface area contributed by atoms with Crippen molar-refractivity contribution in [2.24, 2.45) is 0 Å². The van der Waals surface area contributed by atoms with Crippen LogP contribution < -0.4 is 5.32 Å². The Morgan fingerprint density at radius 3 is 2.00 bits per heavy atom.